The number of nitrogens with one attached hydrogen (secondary N) is 1. The lowest BCUT2D eigenvalue weighted by Gasteiger charge is -2.06. The molecular weight excluding hydrogens is 211 g/mol. The van der Waals surface area contributed by atoms with Gasteiger partial charge >= 0.3 is 0 Å². The number of nitrogen functional groups attached to an aromatic ring is 1. The first-order valence-corrected chi connectivity index (χ1v) is 5.06. The Balaban J connectivity index is 2.53. The molecule has 1 amide bonds. The molecule has 0 atom stereocenters. The fourth-order valence-electron chi connectivity index (χ4n) is 1.19. The Labute approximate surface area is 93.6 Å². The largest absolute Gasteiger partial charge is 0.399 e. The van der Waals surface area contributed by atoms with Crippen molar-refractivity contribution >= 4 is 11.6 Å². The lowest BCUT2D eigenvalue weighted by atomic mass is 10.2. The van der Waals surface area contributed by atoms with Crippen LogP contribution in [0.1, 0.15) is 17.3 Å². The van der Waals surface area contributed by atoms with Gasteiger partial charge in [0.05, 0.1) is 12.2 Å². The Hall–Kier alpha value is -1.62. The second-order valence-electron chi connectivity index (χ2n) is 3.19. The third kappa shape index (κ3) is 3.51. The molecule has 1 aromatic carbocycles. The van der Waals surface area contributed by atoms with Crippen molar-refractivity contribution < 1.29 is 13.9 Å². The number of hydrogen-bond acceptors (Lipinski definition) is 3. The van der Waals surface area contributed by atoms with Gasteiger partial charge in [-0.2, -0.15) is 0 Å². The van der Waals surface area contributed by atoms with Crippen molar-refractivity contribution in [3.05, 3.63) is 29.6 Å². The van der Waals surface area contributed by atoms with E-state index in [2.05, 4.69) is 5.32 Å². The molecule has 0 saturated heterocycles. The molecule has 0 aliphatic carbocycles. The van der Waals surface area contributed by atoms with Crippen molar-refractivity contribution in [3.63, 3.8) is 0 Å². The maximum absolute atomic E-state index is 13.3. The van der Waals surface area contributed by atoms with Crippen LogP contribution in [0.2, 0.25) is 0 Å². The number of amides is 1. The Morgan fingerprint density at radius 3 is 2.94 bits per heavy atom. The van der Waals surface area contributed by atoms with Crippen LogP contribution in [-0.4, -0.2) is 25.7 Å². The third-order valence-corrected chi connectivity index (χ3v) is 1.97. The third-order valence-electron chi connectivity index (χ3n) is 1.97. The minimum atomic E-state index is -0.617. The van der Waals surface area contributed by atoms with Crippen LogP contribution >= 0.6 is 0 Å². The molecule has 0 fully saturated rings. The predicted octanol–water partition coefficient (Wildman–Crippen LogP) is 1.17. The lowest BCUT2D eigenvalue weighted by Crippen LogP contribution is -2.28. The normalized spacial score (nSPS) is 10.1. The number of anilines is 1. The Kier molecular flexibility index (Phi) is 4.72. The van der Waals surface area contributed by atoms with Crippen LogP contribution in [0, 0.1) is 5.82 Å². The molecule has 0 spiro atoms. The molecule has 0 heterocycles. The van der Waals surface area contributed by atoms with Crippen molar-refractivity contribution in [2.75, 3.05) is 25.5 Å². The molecule has 1 aromatic rings. The summed E-state index contributed by atoms with van der Waals surface area (Å²) < 4.78 is 18.3. The van der Waals surface area contributed by atoms with Crippen molar-refractivity contribution in [1.82, 2.24) is 5.32 Å². The molecule has 0 aliphatic rings. The van der Waals surface area contributed by atoms with Gasteiger partial charge in [-0.1, -0.05) is 0 Å². The molecule has 0 unspecified atom stereocenters. The summed E-state index contributed by atoms with van der Waals surface area (Å²) in [5, 5.41) is 2.55. The first-order valence-electron chi connectivity index (χ1n) is 5.06. The average Bonchev–Trinajstić information content (AvgIpc) is 2.24. The van der Waals surface area contributed by atoms with Crippen LogP contribution < -0.4 is 11.1 Å². The first kappa shape index (κ1) is 12.4. The smallest absolute Gasteiger partial charge is 0.254 e. The summed E-state index contributed by atoms with van der Waals surface area (Å²) >= 11 is 0. The van der Waals surface area contributed by atoms with Gasteiger partial charge in [0.1, 0.15) is 5.82 Å². The molecule has 0 aliphatic heterocycles. The van der Waals surface area contributed by atoms with Crippen LogP contribution in [0.15, 0.2) is 18.2 Å². The van der Waals surface area contributed by atoms with Gasteiger partial charge in [-0.3, -0.25) is 4.79 Å². The molecule has 88 valence electrons. The minimum Gasteiger partial charge on any atom is -0.399 e. The zero-order valence-electron chi connectivity index (χ0n) is 9.13. The molecule has 0 radical (unpaired) electrons. The molecular formula is C11H15FN2O2. The van der Waals surface area contributed by atoms with E-state index >= 15 is 0 Å². The molecule has 16 heavy (non-hydrogen) atoms. The van der Waals surface area contributed by atoms with Gasteiger partial charge in [-0.15, -0.1) is 0 Å². The van der Waals surface area contributed by atoms with Crippen molar-refractivity contribution in [2.45, 2.75) is 6.92 Å². The number of ether oxygens (including phenoxy) is 1. The molecule has 3 N–H and O–H groups in total. The average molecular weight is 226 g/mol. The number of carbonyl (C=O) groups excluding carboxylic acids is 1. The first-order chi connectivity index (χ1) is 7.65. The van der Waals surface area contributed by atoms with Gasteiger partial charge in [0.2, 0.25) is 0 Å². The van der Waals surface area contributed by atoms with Crippen LogP contribution in [0.4, 0.5) is 10.1 Å². The molecule has 0 saturated carbocycles. The Bertz CT molecular complexity index is 369. The van der Waals surface area contributed by atoms with E-state index in [1.54, 1.807) is 0 Å². The van der Waals surface area contributed by atoms with E-state index in [0.29, 0.717) is 25.4 Å². The zero-order valence-corrected chi connectivity index (χ0v) is 9.13. The molecule has 4 nitrogen and oxygen atoms in total. The summed E-state index contributed by atoms with van der Waals surface area (Å²) in [6.45, 7) is 3.23. The maximum atomic E-state index is 13.3. The summed E-state index contributed by atoms with van der Waals surface area (Å²) in [4.78, 5) is 11.5. The van der Waals surface area contributed by atoms with Crippen molar-refractivity contribution in [1.29, 1.82) is 0 Å². The summed E-state index contributed by atoms with van der Waals surface area (Å²) in [5.74, 6) is -1.08. The van der Waals surface area contributed by atoms with Crippen LogP contribution in [0.25, 0.3) is 0 Å². The second-order valence-corrected chi connectivity index (χ2v) is 3.19. The standard InChI is InChI=1S/C11H15FN2O2/c1-2-16-6-5-14-11(15)9-4-3-8(13)7-10(9)12/h3-4,7H,2,5-6,13H2,1H3,(H,14,15). The number of nitrogens with two attached hydrogens (primary N) is 1. The zero-order chi connectivity index (χ0) is 12.0. The number of benzene rings is 1. The molecule has 5 heteroatoms. The SMILES string of the molecule is CCOCCNC(=O)c1ccc(N)cc1F. The van der Waals surface area contributed by atoms with Crippen LogP contribution in [0.5, 0.6) is 0 Å². The molecule has 0 aromatic heterocycles. The highest BCUT2D eigenvalue weighted by Crippen LogP contribution is 2.11. The molecule has 1 rings (SSSR count). The number of hydrogen-bond donors (Lipinski definition) is 2. The molecule has 0 bridgehead atoms. The topological polar surface area (TPSA) is 64.3 Å². The fourth-order valence-corrected chi connectivity index (χ4v) is 1.19. The number of carbonyl (C=O) groups is 1. The van der Waals surface area contributed by atoms with E-state index in [4.69, 9.17) is 10.5 Å². The summed E-state index contributed by atoms with van der Waals surface area (Å²) in [6.07, 6.45) is 0. The van der Waals surface area contributed by atoms with Gasteiger partial charge in [-0.25, -0.2) is 4.39 Å². The Morgan fingerprint density at radius 2 is 2.31 bits per heavy atom. The summed E-state index contributed by atoms with van der Waals surface area (Å²) in [5.41, 5.74) is 5.66. The summed E-state index contributed by atoms with van der Waals surface area (Å²) in [7, 11) is 0. The van der Waals surface area contributed by atoms with E-state index in [-0.39, 0.29) is 5.56 Å². The predicted molar refractivity (Wildman–Crippen MR) is 59.6 cm³/mol. The fraction of sp³-hybridized carbons (Fsp3) is 0.364. The number of halogens is 1. The lowest BCUT2D eigenvalue weighted by molar-refractivity contribution is 0.0918. The Morgan fingerprint density at radius 1 is 1.56 bits per heavy atom. The quantitative estimate of drug-likeness (QED) is 0.585. The monoisotopic (exact) mass is 226 g/mol. The van der Waals surface area contributed by atoms with Gasteiger partial charge in [0.15, 0.2) is 0 Å². The second kappa shape index (κ2) is 6.07. The van der Waals surface area contributed by atoms with Gasteiger partial charge in [0, 0.05) is 18.8 Å². The van der Waals surface area contributed by atoms with Gasteiger partial charge in [-0.05, 0) is 25.1 Å². The van der Waals surface area contributed by atoms with E-state index in [0.717, 1.165) is 6.07 Å². The van der Waals surface area contributed by atoms with E-state index in [1.165, 1.54) is 12.1 Å². The van der Waals surface area contributed by atoms with Crippen LogP contribution in [-0.2, 0) is 4.74 Å². The summed E-state index contributed by atoms with van der Waals surface area (Å²) in [6, 6.07) is 3.97. The highest BCUT2D eigenvalue weighted by atomic mass is 19.1. The highest BCUT2D eigenvalue weighted by Gasteiger charge is 2.10. The van der Waals surface area contributed by atoms with E-state index in [1.807, 2.05) is 6.92 Å². The minimum absolute atomic E-state index is 0.00861. The number of rotatable bonds is 5. The van der Waals surface area contributed by atoms with Crippen molar-refractivity contribution in [2.24, 2.45) is 0 Å². The van der Waals surface area contributed by atoms with Gasteiger partial charge < -0.3 is 15.8 Å². The van der Waals surface area contributed by atoms with E-state index in [9.17, 15) is 9.18 Å². The van der Waals surface area contributed by atoms with E-state index < -0.39 is 11.7 Å². The van der Waals surface area contributed by atoms with Crippen LogP contribution in [0.3, 0.4) is 0 Å². The van der Waals surface area contributed by atoms with Gasteiger partial charge in [0.25, 0.3) is 5.91 Å². The highest BCUT2D eigenvalue weighted by molar-refractivity contribution is 5.94. The maximum Gasteiger partial charge on any atom is 0.254 e. The van der Waals surface area contributed by atoms with Crippen molar-refractivity contribution in [3.8, 4) is 0 Å².